The summed E-state index contributed by atoms with van der Waals surface area (Å²) in [6.45, 7) is 3.73. The maximum absolute atomic E-state index is 13.9. The molecule has 0 saturated carbocycles. The predicted molar refractivity (Wildman–Crippen MR) is 163 cm³/mol. The van der Waals surface area contributed by atoms with E-state index in [9.17, 15) is 25.4 Å². The van der Waals surface area contributed by atoms with Gasteiger partial charge in [0.2, 0.25) is 5.75 Å². The Hall–Kier alpha value is -5.12. The van der Waals surface area contributed by atoms with Crippen LogP contribution in [0.3, 0.4) is 0 Å². The number of amidine groups is 1. The van der Waals surface area contributed by atoms with Crippen LogP contribution in [-0.2, 0) is 4.79 Å². The van der Waals surface area contributed by atoms with Crippen LogP contribution in [0.4, 0.5) is 11.4 Å². The number of nitro groups is 1. The molecule has 1 heterocycles. The van der Waals surface area contributed by atoms with Gasteiger partial charge in [0.05, 0.1) is 31.9 Å². The third-order valence-corrected chi connectivity index (χ3v) is 8.00. The molecule has 0 spiro atoms. The number of aryl methyl sites for hydroxylation is 2. The highest BCUT2D eigenvalue weighted by atomic mass is 16.6. The Morgan fingerprint density at radius 3 is 2.21 bits per heavy atom. The van der Waals surface area contributed by atoms with Crippen LogP contribution in [0.2, 0.25) is 0 Å². The molecule has 2 aliphatic rings. The Balaban J connectivity index is 1.89. The topological polar surface area (TPSA) is 135 Å². The fourth-order valence-electron chi connectivity index (χ4n) is 5.88. The van der Waals surface area contributed by atoms with Gasteiger partial charge in [0.25, 0.3) is 5.69 Å². The second kappa shape index (κ2) is 11.6. The lowest BCUT2D eigenvalue weighted by molar-refractivity contribution is -0.384. The minimum atomic E-state index is -0.861. The molecule has 0 unspecified atom stereocenters. The fourth-order valence-corrected chi connectivity index (χ4v) is 5.88. The molecule has 2 N–H and O–H groups in total. The van der Waals surface area contributed by atoms with E-state index in [4.69, 9.17) is 14.2 Å². The van der Waals surface area contributed by atoms with Gasteiger partial charge in [0.15, 0.2) is 17.3 Å². The number of methoxy groups -OCH3 is 3. The molecule has 0 bridgehead atoms. The highest BCUT2D eigenvalue weighted by molar-refractivity contribution is 6.20. The monoisotopic (exact) mass is 583 g/mol. The average Bonchev–Trinajstić information content (AvgIpc) is 3.00. The van der Waals surface area contributed by atoms with E-state index in [1.54, 1.807) is 42.2 Å². The van der Waals surface area contributed by atoms with Gasteiger partial charge >= 0.3 is 0 Å². The third kappa shape index (κ3) is 5.09. The molecule has 10 heteroatoms. The first-order valence-corrected chi connectivity index (χ1v) is 13.8. The smallest absolute Gasteiger partial charge is 0.271 e. The lowest BCUT2D eigenvalue weighted by atomic mass is 9.73. The number of benzene rings is 3. The highest BCUT2D eigenvalue weighted by Gasteiger charge is 2.44. The molecule has 3 aromatic carbocycles. The number of allylic oxidation sites excluding steroid dienone is 2. The number of aliphatic hydroxyl groups is 1. The van der Waals surface area contributed by atoms with Crippen LogP contribution in [0.25, 0.3) is 5.76 Å². The molecule has 0 amide bonds. The summed E-state index contributed by atoms with van der Waals surface area (Å²) >= 11 is 0. The van der Waals surface area contributed by atoms with Crippen molar-refractivity contribution in [2.24, 2.45) is 0 Å². The van der Waals surface area contributed by atoms with E-state index in [1.807, 2.05) is 19.1 Å². The van der Waals surface area contributed by atoms with Crippen molar-refractivity contribution in [1.29, 1.82) is 5.41 Å². The summed E-state index contributed by atoms with van der Waals surface area (Å²) in [4.78, 5) is 26.7. The van der Waals surface area contributed by atoms with Gasteiger partial charge in [-0.1, -0.05) is 35.9 Å². The number of non-ortho nitro benzene ring substituents is 1. The first kappa shape index (κ1) is 29.4. The van der Waals surface area contributed by atoms with Crippen molar-refractivity contribution in [3.63, 3.8) is 0 Å². The van der Waals surface area contributed by atoms with Crippen LogP contribution >= 0.6 is 0 Å². The summed E-state index contributed by atoms with van der Waals surface area (Å²) in [5.74, 6) is -0.170. The number of nitrogens with zero attached hydrogens (tertiary/aromatic N) is 2. The molecule has 0 fully saturated rings. The van der Waals surface area contributed by atoms with Crippen molar-refractivity contribution in [1.82, 2.24) is 0 Å². The minimum Gasteiger partial charge on any atom is -0.507 e. The van der Waals surface area contributed by atoms with Crippen molar-refractivity contribution in [3.8, 4) is 17.2 Å². The number of carbonyl (C=O) groups excluding carboxylic acids is 1. The van der Waals surface area contributed by atoms with Crippen molar-refractivity contribution >= 4 is 28.8 Å². The van der Waals surface area contributed by atoms with E-state index in [2.05, 4.69) is 0 Å². The standard InChI is InChI=1S/C33H33N3O7/c1-18-9-12-20(13-10-18)31(38)30-28(21-15-26(41-3)32(43-5)27(16-21)42-4)29-23(7-6-8-25(29)37)35(33(30)34)24-17-22(36(39)40)14-11-19(24)2/h9-17,28,34,38H,6-8H2,1-5H3/t28-/m1/s1. The Bertz CT molecular complexity index is 1680. The Morgan fingerprint density at radius 1 is 0.977 bits per heavy atom. The molecular formula is C33H33N3O7. The minimum absolute atomic E-state index is 0.0890. The quantitative estimate of drug-likeness (QED) is 0.176. The average molecular weight is 584 g/mol. The number of anilines is 1. The molecule has 10 nitrogen and oxygen atoms in total. The van der Waals surface area contributed by atoms with E-state index >= 15 is 0 Å². The molecule has 0 aromatic heterocycles. The van der Waals surface area contributed by atoms with Gasteiger partial charge < -0.3 is 19.3 Å². The number of hydrogen-bond acceptors (Lipinski definition) is 8. The molecule has 3 aromatic rings. The van der Waals surface area contributed by atoms with Gasteiger partial charge in [-0.2, -0.15) is 0 Å². The molecule has 5 rings (SSSR count). The van der Waals surface area contributed by atoms with E-state index in [1.165, 1.54) is 33.5 Å². The van der Waals surface area contributed by atoms with Crippen LogP contribution in [0.1, 0.15) is 47.4 Å². The Kier molecular flexibility index (Phi) is 7.95. The summed E-state index contributed by atoms with van der Waals surface area (Å²) in [6, 6.07) is 15.1. The number of ether oxygens (including phenoxy) is 3. The number of nitro benzene ring substituents is 1. The number of rotatable bonds is 7. The van der Waals surface area contributed by atoms with E-state index in [0.717, 1.165) is 5.56 Å². The summed E-state index contributed by atoms with van der Waals surface area (Å²) in [5, 5.41) is 33.3. The van der Waals surface area contributed by atoms with Crippen molar-refractivity contribution < 1.29 is 29.0 Å². The van der Waals surface area contributed by atoms with Crippen molar-refractivity contribution in [2.45, 2.75) is 39.0 Å². The molecular weight excluding hydrogens is 550 g/mol. The molecule has 0 saturated heterocycles. The van der Waals surface area contributed by atoms with Crippen molar-refractivity contribution in [3.05, 3.63) is 104 Å². The van der Waals surface area contributed by atoms with Gasteiger partial charge in [-0.25, -0.2) is 0 Å². The number of hydrogen-bond donors (Lipinski definition) is 2. The summed E-state index contributed by atoms with van der Waals surface area (Å²) in [5.41, 5.74) is 4.12. The molecule has 43 heavy (non-hydrogen) atoms. The maximum Gasteiger partial charge on any atom is 0.271 e. The normalized spacial score (nSPS) is 17.9. The van der Waals surface area contributed by atoms with Gasteiger partial charge in [0.1, 0.15) is 11.6 Å². The molecule has 222 valence electrons. The number of ketones is 1. The summed E-state index contributed by atoms with van der Waals surface area (Å²) in [7, 11) is 4.48. The lowest BCUT2D eigenvalue weighted by Crippen LogP contribution is -2.42. The zero-order valence-electron chi connectivity index (χ0n) is 24.7. The largest absolute Gasteiger partial charge is 0.507 e. The molecule has 1 aliphatic heterocycles. The van der Waals surface area contributed by atoms with Crippen LogP contribution in [0.5, 0.6) is 17.2 Å². The second-order valence-corrected chi connectivity index (χ2v) is 10.6. The molecule has 1 atom stereocenters. The SMILES string of the molecule is COc1cc([C@H]2C(=C(O)c3ccc(C)cc3)C(=N)N(c3cc([N+](=O)[O-])ccc3C)C3=C2C(=O)CCC3)cc(OC)c1OC. The number of Topliss-reactive ketones (excluding diaryl/α,β-unsaturated/α-hetero) is 1. The van der Waals surface area contributed by atoms with E-state index in [0.29, 0.717) is 63.7 Å². The number of carbonyl (C=O) groups is 1. The zero-order chi connectivity index (χ0) is 31.0. The van der Waals surface area contributed by atoms with Gasteiger partial charge in [0, 0.05) is 46.9 Å². The first-order valence-electron chi connectivity index (χ1n) is 13.8. The van der Waals surface area contributed by atoms with Crippen molar-refractivity contribution in [2.75, 3.05) is 26.2 Å². The van der Waals surface area contributed by atoms with Gasteiger partial charge in [-0.05, 0) is 49.9 Å². The number of aliphatic hydroxyl groups excluding tert-OH is 1. The molecule has 0 radical (unpaired) electrons. The predicted octanol–water partition coefficient (Wildman–Crippen LogP) is 6.79. The first-order chi connectivity index (χ1) is 20.6. The number of nitrogens with one attached hydrogen (secondary N) is 1. The van der Waals surface area contributed by atoms with Crippen LogP contribution in [0, 0.1) is 29.4 Å². The lowest BCUT2D eigenvalue weighted by Gasteiger charge is -2.42. The van der Waals surface area contributed by atoms with E-state index in [-0.39, 0.29) is 35.1 Å². The van der Waals surface area contributed by atoms with Crippen LogP contribution in [-0.4, -0.2) is 43.0 Å². The summed E-state index contributed by atoms with van der Waals surface area (Å²) < 4.78 is 16.8. The highest BCUT2D eigenvalue weighted by Crippen LogP contribution is 2.51. The Labute approximate surface area is 249 Å². The van der Waals surface area contributed by atoms with Crippen LogP contribution < -0.4 is 19.1 Å². The van der Waals surface area contributed by atoms with Gasteiger partial charge in [-0.15, -0.1) is 0 Å². The van der Waals surface area contributed by atoms with Crippen LogP contribution in [0.15, 0.2) is 71.4 Å². The van der Waals surface area contributed by atoms with Gasteiger partial charge in [-0.3, -0.25) is 25.2 Å². The van der Waals surface area contributed by atoms with E-state index < -0.39 is 10.8 Å². The molecule has 1 aliphatic carbocycles. The Morgan fingerprint density at radius 2 is 1.63 bits per heavy atom. The summed E-state index contributed by atoms with van der Waals surface area (Å²) in [6.07, 6.45) is 1.30. The second-order valence-electron chi connectivity index (χ2n) is 10.6. The third-order valence-electron chi connectivity index (χ3n) is 8.00. The fraction of sp³-hybridized carbons (Fsp3) is 0.273. The zero-order valence-corrected chi connectivity index (χ0v) is 24.7. The maximum atomic E-state index is 13.9.